The van der Waals surface area contributed by atoms with E-state index in [0.717, 1.165) is 46.4 Å². The molecule has 0 aliphatic carbocycles. The van der Waals surface area contributed by atoms with Gasteiger partial charge in [0.1, 0.15) is 11.4 Å². The molecular weight excluding hydrogens is 468 g/mol. The molecule has 176 valence electrons. The SMILES string of the molecule is CCCNc1ncc(-c2cc(-c3ccc(OCC(C)CC)cc3Cl)nc(-c3cnccn3)n2)s1. The fraction of sp³-hybridized carbons (Fsp3) is 0.320. The van der Waals surface area contributed by atoms with Crippen LogP contribution in [-0.2, 0) is 0 Å². The lowest BCUT2D eigenvalue weighted by Crippen LogP contribution is -2.07. The van der Waals surface area contributed by atoms with Gasteiger partial charge < -0.3 is 10.1 Å². The molecule has 0 bridgehead atoms. The van der Waals surface area contributed by atoms with Gasteiger partial charge >= 0.3 is 0 Å². The Kier molecular flexibility index (Phi) is 8.03. The van der Waals surface area contributed by atoms with Gasteiger partial charge in [0.2, 0.25) is 0 Å². The Hall–Kier alpha value is -3.10. The van der Waals surface area contributed by atoms with Crippen LogP contribution in [0.5, 0.6) is 5.75 Å². The quantitative estimate of drug-likeness (QED) is 0.265. The molecule has 1 N–H and O–H groups in total. The highest BCUT2D eigenvalue weighted by molar-refractivity contribution is 7.18. The summed E-state index contributed by atoms with van der Waals surface area (Å²) < 4.78 is 5.90. The van der Waals surface area contributed by atoms with Crippen LogP contribution >= 0.6 is 22.9 Å². The minimum absolute atomic E-state index is 0.477. The largest absolute Gasteiger partial charge is 0.493 e. The zero-order valence-electron chi connectivity index (χ0n) is 19.5. The molecule has 3 aromatic heterocycles. The number of nitrogens with one attached hydrogen (secondary N) is 1. The molecule has 0 amide bonds. The summed E-state index contributed by atoms with van der Waals surface area (Å²) in [4.78, 5) is 23.5. The van der Waals surface area contributed by atoms with Crippen LogP contribution in [0.4, 0.5) is 5.13 Å². The van der Waals surface area contributed by atoms with Gasteiger partial charge in [-0.05, 0) is 36.6 Å². The summed E-state index contributed by atoms with van der Waals surface area (Å²) in [5, 5.41) is 4.74. The Labute approximate surface area is 208 Å². The zero-order valence-corrected chi connectivity index (χ0v) is 21.0. The van der Waals surface area contributed by atoms with Gasteiger partial charge in [-0.1, -0.05) is 50.1 Å². The van der Waals surface area contributed by atoms with E-state index in [4.69, 9.17) is 26.3 Å². The highest BCUT2D eigenvalue weighted by Gasteiger charge is 2.16. The van der Waals surface area contributed by atoms with Crippen molar-refractivity contribution in [3.05, 3.63) is 54.1 Å². The molecule has 3 heterocycles. The number of thiazole rings is 1. The Balaban J connectivity index is 1.72. The Bertz CT molecular complexity index is 1230. The summed E-state index contributed by atoms with van der Waals surface area (Å²) in [7, 11) is 0. The summed E-state index contributed by atoms with van der Waals surface area (Å²) in [6.45, 7) is 7.95. The molecule has 0 spiro atoms. The smallest absolute Gasteiger partial charge is 0.183 e. The zero-order chi connectivity index (χ0) is 23.9. The summed E-state index contributed by atoms with van der Waals surface area (Å²) in [5.41, 5.74) is 2.82. The fourth-order valence-corrected chi connectivity index (χ4v) is 4.17. The van der Waals surface area contributed by atoms with Crippen molar-refractivity contribution in [2.75, 3.05) is 18.5 Å². The van der Waals surface area contributed by atoms with Crippen molar-refractivity contribution >= 4 is 28.1 Å². The standard InChI is InChI=1S/C25H27ClN6OS/c1-4-8-29-25-30-14-23(34-25)21-12-20(31-24(32-21)22-13-27-9-10-28-22)18-7-6-17(11-19(18)26)33-15-16(3)5-2/h6-7,9-14,16H,4-5,8,15H2,1-3H3,(H,29,30). The lowest BCUT2D eigenvalue weighted by atomic mass is 10.1. The van der Waals surface area contributed by atoms with E-state index in [1.165, 1.54) is 0 Å². The lowest BCUT2D eigenvalue weighted by molar-refractivity contribution is 0.256. The van der Waals surface area contributed by atoms with Gasteiger partial charge in [-0.2, -0.15) is 0 Å². The van der Waals surface area contributed by atoms with Gasteiger partial charge in [-0.25, -0.2) is 19.9 Å². The molecule has 0 fully saturated rings. The number of ether oxygens (including phenoxy) is 1. The van der Waals surface area contributed by atoms with Crippen molar-refractivity contribution in [2.24, 2.45) is 5.92 Å². The van der Waals surface area contributed by atoms with Crippen molar-refractivity contribution in [1.82, 2.24) is 24.9 Å². The summed E-state index contributed by atoms with van der Waals surface area (Å²) in [5.74, 6) is 1.70. The van der Waals surface area contributed by atoms with Crippen LogP contribution in [0.15, 0.2) is 49.1 Å². The third kappa shape index (κ3) is 5.87. The van der Waals surface area contributed by atoms with E-state index in [2.05, 4.69) is 41.0 Å². The molecule has 1 unspecified atom stereocenters. The van der Waals surface area contributed by atoms with E-state index in [1.807, 2.05) is 30.5 Å². The van der Waals surface area contributed by atoms with E-state index in [-0.39, 0.29) is 0 Å². The minimum Gasteiger partial charge on any atom is -0.493 e. The van der Waals surface area contributed by atoms with Crippen LogP contribution < -0.4 is 10.1 Å². The predicted molar refractivity (Wildman–Crippen MR) is 138 cm³/mol. The number of aromatic nitrogens is 5. The normalized spacial score (nSPS) is 11.9. The Morgan fingerprint density at radius 1 is 1.03 bits per heavy atom. The van der Waals surface area contributed by atoms with Crippen LogP contribution in [0.1, 0.15) is 33.6 Å². The van der Waals surface area contributed by atoms with Crippen LogP contribution in [0.25, 0.3) is 33.3 Å². The van der Waals surface area contributed by atoms with Crippen molar-refractivity contribution < 1.29 is 4.74 Å². The molecule has 0 aliphatic rings. The van der Waals surface area contributed by atoms with E-state index in [0.29, 0.717) is 34.8 Å². The van der Waals surface area contributed by atoms with Crippen LogP contribution in [0, 0.1) is 5.92 Å². The number of nitrogens with zero attached hydrogens (tertiary/aromatic N) is 5. The van der Waals surface area contributed by atoms with Crippen molar-refractivity contribution in [3.8, 4) is 39.1 Å². The second kappa shape index (κ2) is 11.4. The first-order valence-electron chi connectivity index (χ1n) is 11.4. The monoisotopic (exact) mass is 494 g/mol. The molecule has 34 heavy (non-hydrogen) atoms. The van der Waals surface area contributed by atoms with Gasteiger partial charge in [0.05, 0.1) is 34.1 Å². The third-order valence-corrected chi connectivity index (χ3v) is 6.54. The number of benzene rings is 1. The predicted octanol–water partition coefficient (Wildman–Crippen LogP) is 6.62. The number of halogens is 1. The molecular formula is C25H27ClN6OS. The first-order chi connectivity index (χ1) is 16.6. The van der Waals surface area contributed by atoms with Crippen LogP contribution in [-0.4, -0.2) is 38.1 Å². The highest BCUT2D eigenvalue weighted by Crippen LogP contribution is 2.35. The third-order valence-electron chi connectivity index (χ3n) is 5.25. The van der Waals surface area contributed by atoms with E-state index < -0.39 is 0 Å². The van der Waals surface area contributed by atoms with Crippen molar-refractivity contribution in [2.45, 2.75) is 33.6 Å². The molecule has 7 nitrogen and oxygen atoms in total. The molecule has 4 aromatic rings. The fourth-order valence-electron chi connectivity index (χ4n) is 3.10. The second-order valence-electron chi connectivity index (χ2n) is 7.98. The molecule has 1 aromatic carbocycles. The van der Waals surface area contributed by atoms with Gasteiger partial charge in [0.25, 0.3) is 0 Å². The van der Waals surface area contributed by atoms with Crippen LogP contribution in [0.3, 0.4) is 0 Å². The van der Waals surface area contributed by atoms with E-state index in [9.17, 15) is 0 Å². The summed E-state index contributed by atoms with van der Waals surface area (Å²) in [6.07, 6.45) is 8.81. The number of hydrogen-bond acceptors (Lipinski definition) is 8. The van der Waals surface area contributed by atoms with E-state index in [1.54, 1.807) is 29.9 Å². The Morgan fingerprint density at radius 2 is 1.88 bits per heavy atom. The molecule has 9 heteroatoms. The molecule has 4 rings (SSSR count). The first-order valence-corrected chi connectivity index (χ1v) is 12.5. The molecule has 0 aliphatic heterocycles. The molecule has 0 saturated carbocycles. The van der Waals surface area contributed by atoms with Gasteiger partial charge in [0.15, 0.2) is 11.0 Å². The molecule has 0 radical (unpaired) electrons. The first kappa shape index (κ1) is 24.0. The Morgan fingerprint density at radius 3 is 2.62 bits per heavy atom. The number of anilines is 1. The van der Waals surface area contributed by atoms with Gasteiger partial charge in [-0.3, -0.25) is 4.98 Å². The van der Waals surface area contributed by atoms with Gasteiger partial charge in [0, 0.05) is 30.7 Å². The topological polar surface area (TPSA) is 85.7 Å². The maximum atomic E-state index is 6.68. The summed E-state index contributed by atoms with van der Waals surface area (Å²) >= 11 is 8.23. The average Bonchev–Trinajstić information content (AvgIpc) is 3.35. The van der Waals surface area contributed by atoms with E-state index >= 15 is 0 Å². The maximum Gasteiger partial charge on any atom is 0.183 e. The molecule has 0 saturated heterocycles. The van der Waals surface area contributed by atoms with Crippen molar-refractivity contribution in [3.63, 3.8) is 0 Å². The summed E-state index contributed by atoms with van der Waals surface area (Å²) in [6, 6.07) is 7.62. The number of rotatable bonds is 10. The highest BCUT2D eigenvalue weighted by atomic mass is 35.5. The van der Waals surface area contributed by atoms with Crippen LogP contribution in [0.2, 0.25) is 5.02 Å². The van der Waals surface area contributed by atoms with Gasteiger partial charge in [-0.15, -0.1) is 0 Å². The average molecular weight is 495 g/mol. The minimum atomic E-state index is 0.477. The van der Waals surface area contributed by atoms with Crippen molar-refractivity contribution in [1.29, 1.82) is 0 Å². The number of hydrogen-bond donors (Lipinski definition) is 1. The maximum absolute atomic E-state index is 6.68. The second-order valence-corrected chi connectivity index (χ2v) is 9.41. The lowest BCUT2D eigenvalue weighted by Gasteiger charge is -2.13. The molecule has 1 atom stereocenters.